The average molecular weight is 235 g/mol. The van der Waals surface area contributed by atoms with E-state index in [-0.39, 0.29) is 11.5 Å². The lowest BCUT2D eigenvalue weighted by atomic mass is 10.2. The van der Waals surface area contributed by atoms with E-state index in [0.717, 1.165) is 12.3 Å². The van der Waals surface area contributed by atoms with Gasteiger partial charge in [-0.2, -0.15) is 13.2 Å². The van der Waals surface area contributed by atoms with Crippen LogP contribution in [0.1, 0.15) is 5.56 Å². The fraction of sp³-hybridized carbons (Fsp3) is 0.444. The van der Waals surface area contributed by atoms with Crippen LogP contribution in [0.25, 0.3) is 0 Å². The molecule has 0 amide bonds. The molecule has 0 fully saturated rings. The summed E-state index contributed by atoms with van der Waals surface area (Å²) in [5.74, 6) is 0.227. The minimum atomic E-state index is -4.42. The van der Waals surface area contributed by atoms with Crippen molar-refractivity contribution in [2.45, 2.75) is 6.18 Å². The van der Waals surface area contributed by atoms with Gasteiger partial charge in [-0.15, -0.1) is 0 Å². The maximum atomic E-state index is 12.3. The van der Waals surface area contributed by atoms with Gasteiger partial charge in [0.25, 0.3) is 0 Å². The van der Waals surface area contributed by atoms with Crippen molar-refractivity contribution in [1.82, 2.24) is 4.98 Å². The van der Waals surface area contributed by atoms with Crippen molar-refractivity contribution in [1.29, 1.82) is 0 Å². The van der Waals surface area contributed by atoms with Gasteiger partial charge in [-0.05, 0) is 6.07 Å². The summed E-state index contributed by atoms with van der Waals surface area (Å²) in [6.45, 7) is 0.848. The monoisotopic (exact) mass is 235 g/mol. The first kappa shape index (κ1) is 12.6. The summed E-state index contributed by atoms with van der Waals surface area (Å²) in [5, 5.41) is 2.76. The molecule has 0 saturated heterocycles. The molecular formula is C9H12F3N3O. The molecule has 1 aromatic rings. The average Bonchev–Trinajstić information content (AvgIpc) is 2.19. The minimum absolute atomic E-state index is 0.0362. The number of nitrogens with one attached hydrogen (secondary N) is 1. The predicted molar refractivity (Wildman–Crippen MR) is 54.0 cm³/mol. The Morgan fingerprint density at radius 3 is 2.69 bits per heavy atom. The maximum Gasteiger partial charge on any atom is 0.417 e. The van der Waals surface area contributed by atoms with E-state index < -0.39 is 11.7 Å². The highest BCUT2D eigenvalue weighted by atomic mass is 19.4. The standard InChI is InChI=1S/C9H12F3N3O/c1-16-3-2-14-8-7(13)4-6(5-15-8)9(10,11)12/h4-5H,2-3,13H2,1H3,(H,14,15). The van der Waals surface area contributed by atoms with Crippen LogP contribution in [0.4, 0.5) is 24.7 Å². The van der Waals surface area contributed by atoms with Gasteiger partial charge in [0, 0.05) is 19.9 Å². The number of halogens is 3. The Labute approximate surface area is 90.6 Å². The van der Waals surface area contributed by atoms with Crippen LogP contribution in [-0.4, -0.2) is 25.2 Å². The van der Waals surface area contributed by atoms with Crippen LogP contribution in [0.3, 0.4) is 0 Å². The van der Waals surface area contributed by atoms with Crippen molar-refractivity contribution in [2.75, 3.05) is 31.3 Å². The number of rotatable bonds is 4. The lowest BCUT2D eigenvalue weighted by molar-refractivity contribution is -0.137. The number of ether oxygens (including phenoxy) is 1. The summed E-state index contributed by atoms with van der Waals surface area (Å²) in [7, 11) is 1.52. The molecule has 0 saturated carbocycles. The van der Waals surface area contributed by atoms with E-state index in [1.54, 1.807) is 0 Å². The summed E-state index contributed by atoms with van der Waals surface area (Å²) >= 11 is 0. The van der Waals surface area contributed by atoms with Crippen molar-refractivity contribution in [3.05, 3.63) is 17.8 Å². The SMILES string of the molecule is COCCNc1ncc(C(F)(F)F)cc1N. The second-order valence-electron chi connectivity index (χ2n) is 3.08. The van der Waals surface area contributed by atoms with Crippen LogP contribution < -0.4 is 11.1 Å². The molecule has 0 radical (unpaired) electrons. The smallest absolute Gasteiger partial charge is 0.396 e. The normalized spacial score (nSPS) is 11.5. The van der Waals surface area contributed by atoms with Crippen LogP contribution in [0, 0.1) is 0 Å². The third-order valence-corrected chi connectivity index (χ3v) is 1.84. The molecule has 90 valence electrons. The molecule has 3 N–H and O–H groups in total. The van der Waals surface area contributed by atoms with E-state index in [4.69, 9.17) is 10.5 Å². The van der Waals surface area contributed by atoms with Crippen molar-refractivity contribution in [3.63, 3.8) is 0 Å². The molecule has 0 aliphatic rings. The fourth-order valence-electron chi connectivity index (χ4n) is 1.06. The second-order valence-corrected chi connectivity index (χ2v) is 3.08. The van der Waals surface area contributed by atoms with Crippen LogP contribution in [0.2, 0.25) is 0 Å². The molecule has 1 aromatic heterocycles. The van der Waals surface area contributed by atoms with Gasteiger partial charge >= 0.3 is 6.18 Å². The highest BCUT2D eigenvalue weighted by Crippen LogP contribution is 2.31. The fourth-order valence-corrected chi connectivity index (χ4v) is 1.06. The van der Waals surface area contributed by atoms with Gasteiger partial charge in [0.05, 0.1) is 17.9 Å². The van der Waals surface area contributed by atoms with Gasteiger partial charge in [0.1, 0.15) is 5.82 Å². The van der Waals surface area contributed by atoms with Gasteiger partial charge in [-0.3, -0.25) is 0 Å². The Bertz CT molecular complexity index is 354. The second kappa shape index (κ2) is 5.02. The van der Waals surface area contributed by atoms with Crippen molar-refractivity contribution in [2.24, 2.45) is 0 Å². The Morgan fingerprint density at radius 1 is 1.50 bits per heavy atom. The van der Waals surface area contributed by atoms with Crippen molar-refractivity contribution < 1.29 is 17.9 Å². The lowest BCUT2D eigenvalue weighted by Gasteiger charge is -2.11. The molecule has 16 heavy (non-hydrogen) atoms. The minimum Gasteiger partial charge on any atom is -0.396 e. The van der Waals surface area contributed by atoms with Gasteiger partial charge in [0.2, 0.25) is 0 Å². The highest BCUT2D eigenvalue weighted by Gasteiger charge is 2.31. The van der Waals surface area contributed by atoms with E-state index in [1.807, 2.05) is 0 Å². The lowest BCUT2D eigenvalue weighted by Crippen LogP contribution is -2.12. The number of pyridine rings is 1. The number of nitrogen functional groups attached to an aromatic ring is 1. The first-order chi connectivity index (χ1) is 7.45. The summed E-state index contributed by atoms with van der Waals surface area (Å²) < 4.78 is 41.6. The maximum absolute atomic E-state index is 12.3. The van der Waals surface area contributed by atoms with Gasteiger partial charge < -0.3 is 15.8 Å². The van der Waals surface area contributed by atoms with Crippen LogP contribution in [0.15, 0.2) is 12.3 Å². The predicted octanol–water partition coefficient (Wildman–Crippen LogP) is 1.74. The Morgan fingerprint density at radius 2 is 2.19 bits per heavy atom. The third kappa shape index (κ3) is 3.27. The molecule has 0 aliphatic carbocycles. The summed E-state index contributed by atoms with van der Waals surface area (Å²) in [5.41, 5.74) is 4.54. The van der Waals surface area contributed by atoms with Gasteiger partial charge in [0.15, 0.2) is 0 Å². The van der Waals surface area contributed by atoms with E-state index in [1.165, 1.54) is 7.11 Å². The quantitative estimate of drug-likeness (QED) is 0.780. The number of nitrogens with zero attached hydrogens (tertiary/aromatic N) is 1. The van der Waals surface area contributed by atoms with Gasteiger partial charge in [-0.1, -0.05) is 0 Å². The van der Waals surface area contributed by atoms with Gasteiger partial charge in [-0.25, -0.2) is 4.98 Å². The molecule has 4 nitrogen and oxygen atoms in total. The number of methoxy groups -OCH3 is 1. The number of nitrogens with two attached hydrogens (primary N) is 1. The summed E-state index contributed by atoms with van der Waals surface area (Å²) in [4.78, 5) is 3.60. The van der Waals surface area contributed by atoms with E-state index in [9.17, 15) is 13.2 Å². The van der Waals surface area contributed by atoms with Crippen LogP contribution in [-0.2, 0) is 10.9 Å². The number of alkyl halides is 3. The zero-order valence-corrected chi connectivity index (χ0v) is 8.64. The first-order valence-electron chi connectivity index (χ1n) is 4.50. The first-order valence-corrected chi connectivity index (χ1v) is 4.50. The molecule has 1 rings (SSSR count). The molecule has 1 heterocycles. The van der Waals surface area contributed by atoms with E-state index in [0.29, 0.717) is 13.2 Å². The topological polar surface area (TPSA) is 60.2 Å². The molecule has 7 heteroatoms. The number of hydrogen-bond donors (Lipinski definition) is 2. The summed E-state index contributed by atoms with van der Waals surface area (Å²) in [6.07, 6.45) is -3.68. The van der Waals surface area contributed by atoms with Crippen LogP contribution in [0.5, 0.6) is 0 Å². The molecule has 0 aromatic carbocycles. The Hall–Kier alpha value is -1.50. The molecule has 0 spiro atoms. The number of anilines is 2. The Balaban J connectivity index is 2.76. The molecular weight excluding hydrogens is 223 g/mol. The van der Waals surface area contributed by atoms with Crippen LogP contribution >= 0.6 is 0 Å². The van der Waals surface area contributed by atoms with Crippen molar-refractivity contribution >= 4 is 11.5 Å². The zero-order valence-electron chi connectivity index (χ0n) is 8.64. The van der Waals surface area contributed by atoms with E-state index >= 15 is 0 Å². The Kier molecular flexibility index (Phi) is 3.94. The molecule has 0 aliphatic heterocycles. The third-order valence-electron chi connectivity index (χ3n) is 1.84. The largest absolute Gasteiger partial charge is 0.417 e. The zero-order chi connectivity index (χ0) is 12.2. The number of aromatic nitrogens is 1. The highest BCUT2D eigenvalue weighted by molar-refractivity contribution is 5.61. The number of hydrogen-bond acceptors (Lipinski definition) is 4. The van der Waals surface area contributed by atoms with Crippen molar-refractivity contribution in [3.8, 4) is 0 Å². The van der Waals surface area contributed by atoms with E-state index in [2.05, 4.69) is 10.3 Å². The molecule has 0 atom stereocenters. The molecule has 0 bridgehead atoms. The molecule has 0 unspecified atom stereocenters. The summed E-state index contributed by atoms with van der Waals surface area (Å²) in [6, 6.07) is 0.849.